The molecule has 0 saturated carbocycles. The molecule has 0 amide bonds. The fourth-order valence-corrected chi connectivity index (χ4v) is 2.14. The molecule has 4 nitrogen and oxygen atoms in total. The molecule has 3 rings (SSSR count). The van der Waals surface area contributed by atoms with Gasteiger partial charge in [-0.25, -0.2) is 4.39 Å². The van der Waals surface area contributed by atoms with Crippen molar-refractivity contribution in [3.63, 3.8) is 0 Å². The van der Waals surface area contributed by atoms with Crippen LogP contribution in [0.3, 0.4) is 0 Å². The Bertz CT molecular complexity index is 866. The first kappa shape index (κ1) is 13.2. The lowest BCUT2D eigenvalue weighted by molar-refractivity contribution is 0.398. The van der Waals surface area contributed by atoms with E-state index in [9.17, 15) is 14.3 Å². The summed E-state index contributed by atoms with van der Waals surface area (Å²) >= 11 is 0. The van der Waals surface area contributed by atoms with Crippen LogP contribution in [0, 0.1) is 5.82 Å². The second kappa shape index (κ2) is 4.94. The van der Waals surface area contributed by atoms with E-state index in [-0.39, 0.29) is 33.7 Å². The molecule has 0 atom stereocenters. The minimum Gasteiger partial charge on any atom is -0.508 e. The van der Waals surface area contributed by atoms with E-state index in [1.54, 1.807) is 12.1 Å². The molecule has 0 unspecified atom stereocenters. The first-order valence-corrected chi connectivity index (χ1v) is 6.20. The van der Waals surface area contributed by atoms with Gasteiger partial charge in [0, 0.05) is 11.6 Å². The lowest BCUT2D eigenvalue weighted by Gasteiger charge is -2.09. The summed E-state index contributed by atoms with van der Waals surface area (Å²) in [6.45, 7) is 0. The van der Waals surface area contributed by atoms with Gasteiger partial charge in [0.2, 0.25) is 11.2 Å². The Morgan fingerprint density at radius 1 is 1.14 bits per heavy atom. The number of phenolic OH excluding ortho intramolecular Hbond substituents is 1. The molecular weight excluding hydrogens is 275 g/mol. The molecule has 1 N–H and O–H groups in total. The molecule has 0 aliphatic rings. The van der Waals surface area contributed by atoms with E-state index in [4.69, 9.17) is 9.15 Å². The van der Waals surface area contributed by atoms with E-state index in [1.807, 2.05) is 0 Å². The number of aromatic hydroxyl groups is 1. The Morgan fingerprint density at radius 2 is 1.86 bits per heavy atom. The number of hydrogen-bond donors (Lipinski definition) is 1. The summed E-state index contributed by atoms with van der Waals surface area (Å²) in [5.74, 6) is -0.167. The average Bonchev–Trinajstić information content (AvgIpc) is 2.47. The van der Waals surface area contributed by atoms with E-state index in [0.29, 0.717) is 5.56 Å². The Hall–Kier alpha value is -2.82. The number of fused-ring (bicyclic) bond motifs is 1. The summed E-state index contributed by atoms with van der Waals surface area (Å²) in [4.78, 5) is 12.4. The van der Waals surface area contributed by atoms with E-state index < -0.39 is 5.82 Å². The molecule has 2 aromatic carbocycles. The van der Waals surface area contributed by atoms with E-state index in [0.717, 1.165) is 6.07 Å². The van der Waals surface area contributed by atoms with Gasteiger partial charge in [0.25, 0.3) is 0 Å². The van der Waals surface area contributed by atoms with E-state index in [1.165, 1.54) is 31.4 Å². The van der Waals surface area contributed by atoms with Crippen molar-refractivity contribution in [2.24, 2.45) is 0 Å². The van der Waals surface area contributed by atoms with E-state index in [2.05, 4.69) is 0 Å². The Balaban J connectivity index is 2.35. The van der Waals surface area contributed by atoms with Crippen LogP contribution in [0.5, 0.6) is 11.5 Å². The highest BCUT2D eigenvalue weighted by Crippen LogP contribution is 2.31. The van der Waals surface area contributed by atoms with Crippen LogP contribution in [0.15, 0.2) is 51.7 Å². The maximum atomic E-state index is 13.3. The van der Waals surface area contributed by atoms with Gasteiger partial charge in [-0.3, -0.25) is 4.79 Å². The Morgan fingerprint density at radius 3 is 2.52 bits per heavy atom. The highest BCUT2D eigenvalue weighted by molar-refractivity contribution is 5.82. The molecule has 21 heavy (non-hydrogen) atoms. The van der Waals surface area contributed by atoms with Crippen molar-refractivity contribution in [3.8, 4) is 22.8 Å². The van der Waals surface area contributed by atoms with Crippen molar-refractivity contribution in [1.29, 1.82) is 0 Å². The van der Waals surface area contributed by atoms with E-state index >= 15 is 0 Å². The third kappa shape index (κ3) is 2.23. The van der Waals surface area contributed by atoms with Crippen LogP contribution < -0.4 is 10.2 Å². The summed E-state index contributed by atoms with van der Waals surface area (Å²) in [5, 5.41) is 9.57. The number of benzene rings is 2. The Kier molecular flexibility index (Phi) is 3.10. The zero-order valence-corrected chi connectivity index (χ0v) is 11.1. The summed E-state index contributed by atoms with van der Waals surface area (Å²) in [5.41, 5.74) is 0.318. The molecule has 0 saturated heterocycles. The summed E-state index contributed by atoms with van der Waals surface area (Å²) in [7, 11) is 1.37. The van der Waals surface area contributed by atoms with Gasteiger partial charge in [0.1, 0.15) is 17.1 Å². The van der Waals surface area contributed by atoms with Crippen molar-refractivity contribution >= 4 is 11.0 Å². The van der Waals surface area contributed by atoms with Crippen LogP contribution in [-0.4, -0.2) is 12.2 Å². The minimum atomic E-state index is -0.493. The van der Waals surface area contributed by atoms with Crippen molar-refractivity contribution in [1.82, 2.24) is 0 Å². The minimum absolute atomic E-state index is 0.0415. The molecular formula is C16H11FO4. The zero-order valence-electron chi connectivity index (χ0n) is 11.1. The predicted octanol–water partition coefficient (Wildman–Crippen LogP) is 3.31. The monoisotopic (exact) mass is 286 g/mol. The highest BCUT2D eigenvalue weighted by atomic mass is 19.1. The van der Waals surface area contributed by atoms with Gasteiger partial charge in [-0.05, 0) is 36.4 Å². The predicted molar refractivity (Wildman–Crippen MR) is 76.1 cm³/mol. The third-order valence-electron chi connectivity index (χ3n) is 3.15. The number of methoxy groups -OCH3 is 1. The van der Waals surface area contributed by atoms with Crippen LogP contribution in [-0.2, 0) is 0 Å². The number of ether oxygens (including phenoxy) is 1. The third-order valence-corrected chi connectivity index (χ3v) is 3.15. The summed E-state index contributed by atoms with van der Waals surface area (Å²) in [6.07, 6.45) is 0. The van der Waals surface area contributed by atoms with Gasteiger partial charge in [-0.2, -0.15) is 0 Å². The van der Waals surface area contributed by atoms with Crippen molar-refractivity contribution in [3.05, 3.63) is 58.5 Å². The molecule has 5 heteroatoms. The summed E-state index contributed by atoms with van der Waals surface area (Å²) < 4.78 is 24.1. The maximum Gasteiger partial charge on any atom is 0.235 e. The van der Waals surface area contributed by atoms with Gasteiger partial charge in [-0.15, -0.1) is 0 Å². The van der Waals surface area contributed by atoms with Crippen LogP contribution in [0.25, 0.3) is 22.3 Å². The van der Waals surface area contributed by atoms with Crippen molar-refractivity contribution < 1.29 is 18.7 Å². The smallest absolute Gasteiger partial charge is 0.235 e. The van der Waals surface area contributed by atoms with Gasteiger partial charge in [0.15, 0.2) is 5.76 Å². The molecule has 0 fully saturated rings. The Labute approximate surface area is 119 Å². The molecule has 106 valence electrons. The quantitative estimate of drug-likeness (QED) is 0.785. The topological polar surface area (TPSA) is 59.7 Å². The van der Waals surface area contributed by atoms with Crippen molar-refractivity contribution in [2.75, 3.05) is 7.11 Å². The average molecular weight is 286 g/mol. The van der Waals surface area contributed by atoms with Crippen LogP contribution in [0.4, 0.5) is 4.39 Å². The number of phenols is 1. The normalized spacial score (nSPS) is 10.8. The highest BCUT2D eigenvalue weighted by Gasteiger charge is 2.17. The fourth-order valence-electron chi connectivity index (χ4n) is 2.14. The van der Waals surface area contributed by atoms with Crippen LogP contribution in [0.1, 0.15) is 0 Å². The van der Waals surface area contributed by atoms with Gasteiger partial charge < -0.3 is 14.3 Å². The van der Waals surface area contributed by atoms with Gasteiger partial charge >= 0.3 is 0 Å². The molecule has 0 bridgehead atoms. The largest absolute Gasteiger partial charge is 0.508 e. The van der Waals surface area contributed by atoms with Crippen molar-refractivity contribution in [2.45, 2.75) is 0 Å². The first-order chi connectivity index (χ1) is 10.1. The second-order valence-corrected chi connectivity index (χ2v) is 4.48. The molecule has 1 aromatic heterocycles. The molecule has 0 radical (unpaired) electrons. The zero-order chi connectivity index (χ0) is 15.0. The first-order valence-electron chi connectivity index (χ1n) is 6.20. The number of hydrogen-bond acceptors (Lipinski definition) is 4. The molecule has 0 aliphatic heterocycles. The van der Waals surface area contributed by atoms with Crippen LogP contribution >= 0.6 is 0 Å². The van der Waals surface area contributed by atoms with Gasteiger partial charge in [-0.1, -0.05) is 0 Å². The SMILES string of the molecule is COc1c(-c2ccc(O)cc2)oc2cc(F)ccc2c1=O. The van der Waals surface area contributed by atoms with Crippen LogP contribution in [0.2, 0.25) is 0 Å². The standard InChI is InChI=1S/C16H11FO4/c1-20-16-14(19)12-7-4-10(17)8-13(12)21-15(16)9-2-5-11(18)6-3-9/h2-8,18H,1H3. The maximum absolute atomic E-state index is 13.3. The summed E-state index contributed by atoms with van der Waals surface area (Å²) in [6, 6.07) is 9.80. The van der Waals surface area contributed by atoms with Gasteiger partial charge in [0.05, 0.1) is 12.5 Å². The molecule has 1 heterocycles. The fraction of sp³-hybridized carbons (Fsp3) is 0.0625. The molecule has 0 aliphatic carbocycles. The lowest BCUT2D eigenvalue weighted by atomic mass is 10.1. The number of rotatable bonds is 2. The lowest BCUT2D eigenvalue weighted by Crippen LogP contribution is -2.07. The number of halogens is 1. The molecule has 3 aromatic rings. The second-order valence-electron chi connectivity index (χ2n) is 4.48. The molecule has 0 spiro atoms.